The number of hydrogen-bond acceptors (Lipinski definition) is 1. The molecule has 0 rings (SSSR count). The van der Waals surface area contributed by atoms with Crippen molar-refractivity contribution in [2.75, 3.05) is 0 Å². The van der Waals surface area contributed by atoms with E-state index in [2.05, 4.69) is 37.0 Å². The van der Waals surface area contributed by atoms with E-state index in [0.717, 1.165) is 6.42 Å². The van der Waals surface area contributed by atoms with Gasteiger partial charge < -0.3 is 0 Å². The zero-order chi connectivity index (χ0) is 18.1. The zero-order valence-electron chi connectivity index (χ0n) is 16.7. The van der Waals surface area contributed by atoms with Gasteiger partial charge in [-0.1, -0.05) is 0 Å². The van der Waals surface area contributed by atoms with Crippen molar-refractivity contribution in [1.82, 2.24) is 0 Å². The molecule has 1 nitrogen and oxygen atoms in total. The number of carbonyl (C=O) groups excluding carboxylic acids is 1. The van der Waals surface area contributed by atoms with Crippen molar-refractivity contribution in [1.29, 1.82) is 0 Å². The van der Waals surface area contributed by atoms with Crippen molar-refractivity contribution in [3.8, 4) is 0 Å². The number of carbonyl (C=O) groups is 1. The van der Waals surface area contributed by atoms with E-state index in [1.165, 1.54) is 51.8 Å². The maximum absolute atomic E-state index is 11.5. The predicted molar refractivity (Wildman–Crippen MR) is 112 cm³/mol. The van der Waals surface area contributed by atoms with Gasteiger partial charge in [-0.05, 0) is 0 Å². The molecule has 0 heterocycles. The van der Waals surface area contributed by atoms with Crippen molar-refractivity contribution in [2.24, 2.45) is 0 Å². The predicted octanol–water partition coefficient (Wildman–Crippen LogP) is 7.41. The summed E-state index contributed by atoms with van der Waals surface area (Å²) in [7, 11) is 0. The molecular formula is C22H40OSn. The summed E-state index contributed by atoms with van der Waals surface area (Å²) in [5, 5.41) is 0. The van der Waals surface area contributed by atoms with Crippen LogP contribution in [-0.4, -0.2) is 24.2 Å². The zero-order valence-corrected chi connectivity index (χ0v) is 19.5. The maximum atomic E-state index is 11.5. The minimum atomic E-state index is -2.12. The van der Waals surface area contributed by atoms with Crippen LogP contribution in [0.25, 0.3) is 0 Å². The van der Waals surface area contributed by atoms with E-state index in [1.807, 2.05) is 19.1 Å². The molecule has 0 saturated heterocycles. The number of unbranched alkanes of at least 4 members (excludes halogenated alkanes) is 3. The molecule has 0 unspecified atom stereocenters. The molecule has 0 aromatic heterocycles. The Labute approximate surface area is 155 Å². The summed E-state index contributed by atoms with van der Waals surface area (Å²) >= 11 is -2.12. The molecule has 0 fully saturated rings. The molecule has 0 aliphatic heterocycles. The first kappa shape index (κ1) is 23.7. The van der Waals surface area contributed by atoms with Crippen LogP contribution in [0.5, 0.6) is 0 Å². The molecule has 0 aromatic rings. The Morgan fingerprint density at radius 1 is 0.708 bits per heavy atom. The number of rotatable bonds is 15. The Kier molecular flexibility index (Phi) is 16.0. The summed E-state index contributed by atoms with van der Waals surface area (Å²) in [4.78, 5) is 11.5. The van der Waals surface area contributed by atoms with E-state index in [9.17, 15) is 4.79 Å². The van der Waals surface area contributed by atoms with E-state index in [4.69, 9.17) is 0 Å². The van der Waals surface area contributed by atoms with Gasteiger partial charge in [-0.3, -0.25) is 0 Å². The van der Waals surface area contributed by atoms with Crippen molar-refractivity contribution in [2.45, 2.75) is 92.4 Å². The molecule has 0 aliphatic rings. The fourth-order valence-corrected chi connectivity index (χ4v) is 17.2. The van der Waals surface area contributed by atoms with Crippen molar-refractivity contribution in [3.05, 3.63) is 34.5 Å². The fraction of sp³-hybridized carbons (Fsp3) is 0.682. The van der Waals surface area contributed by atoms with E-state index in [-0.39, 0.29) is 5.78 Å². The summed E-state index contributed by atoms with van der Waals surface area (Å²) in [6.45, 7) is 8.99. The molecule has 0 amide bonds. The van der Waals surface area contributed by atoms with Crippen molar-refractivity contribution >= 4 is 24.2 Å². The molecule has 138 valence electrons. The molecule has 0 N–H and O–H groups in total. The average molecular weight is 439 g/mol. The average Bonchev–Trinajstić information content (AvgIpc) is 2.59. The van der Waals surface area contributed by atoms with E-state index < -0.39 is 18.4 Å². The van der Waals surface area contributed by atoms with E-state index >= 15 is 0 Å². The first-order valence-electron chi connectivity index (χ1n) is 10.2. The molecule has 0 radical (unpaired) electrons. The molecule has 24 heavy (non-hydrogen) atoms. The van der Waals surface area contributed by atoms with E-state index in [0.29, 0.717) is 6.42 Å². The van der Waals surface area contributed by atoms with E-state index in [1.54, 1.807) is 6.08 Å². The summed E-state index contributed by atoms with van der Waals surface area (Å²) in [6.07, 6.45) is 19.8. The first-order valence-corrected chi connectivity index (χ1v) is 17.9. The van der Waals surface area contributed by atoms with Crippen LogP contribution in [0.15, 0.2) is 34.5 Å². The molecular weight excluding hydrogens is 399 g/mol. The molecule has 0 aromatic carbocycles. The van der Waals surface area contributed by atoms with Gasteiger partial charge in [0.1, 0.15) is 0 Å². The van der Waals surface area contributed by atoms with Crippen LogP contribution < -0.4 is 0 Å². The quantitative estimate of drug-likeness (QED) is 0.148. The van der Waals surface area contributed by atoms with Gasteiger partial charge in [0.2, 0.25) is 0 Å². The summed E-state index contributed by atoms with van der Waals surface area (Å²) in [5.41, 5.74) is 0. The molecule has 0 aliphatic carbocycles. The monoisotopic (exact) mass is 440 g/mol. The third kappa shape index (κ3) is 12.1. The van der Waals surface area contributed by atoms with Gasteiger partial charge in [-0.25, -0.2) is 0 Å². The topological polar surface area (TPSA) is 17.1 Å². The third-order valence-corrected chi connectivity index (χ3v) is 18.8. The third-order valence-electron chi connectivity index (χ3n) is 4.65. The molecule has 0 bridgehead atoms. The standard InChI is InChI=1S/C10H13O.3C4H9.Sn/c1-3-5-6-7-9-10(11)8-4-2;3*1-3-4-2;/h1,3,5-7,9H,4,8H2,2H3;3*1,3-4H2,2H3;/b3-1?,6-5+,9-7+;;;;. The fourth-order valence-electron chi connectivity index (χ4n) is 3.09. The normalized spacial score (nSPS) is 12.8. The van der Waals surface area contributed by atoms with Crippen molar-refractivity contribution < 1.29 is 4.79 Å². The van der Waals surface area contributed by atoms with Crippen LogP contribution in [0, 0.1) is 0 Å². The molecule has 0 saturated carbocycles. The van der Waals surface area contributed by atoms with Crippen LogP contribution in [-0.2, 0) is 4.79 Å². The van der Waals surface area contributed by atoms with Gasteiger partial charge in [0.05, 0.1) is 0 Å². The summed E-state index contributed by atoms with van der Waals surface area (Å²) < 4.78 is 7.20. The summed E-state index contributed by atoms with van der Waals surface area (Å²) in [6, 6.07) is 0. The second-order valence-electron chi connectivity index (χ2n) is 6.99. The van der Waals surface area contributed by atoms with Gasteiger partial charge >= 0.3 is 156 Å². The Morgan fingerprint density at radius 3 is 1.67 bits per heavy atom. The summed E-state index contributed by atoms with van der Waals surface area (Å²) in [5.74, 6) is 0.230. The van der Waals surface area contributed by atoms with Gasteiger partial charge in [0.25, 0.3) is 0 Å². The second-order valence-corrected chi connectivity index (χ2v) is 20.0. The molecule has 0 atom stereocenters. The van der Waals surface area contributed by atoms with Gasteiger partial charge in [-0.2, -0.15) is 0 Å². The Balaban J connectivity index is 4.82. The Hall–Kier alpha value is -0.311. The van der Waals surface area contributed by atoms with Gasteiger partial charge in [0, 0.05) is 0 Å². The van der Waals surface area contributed by atoms with Crippen LogP contribution in [0.3, 0.4) is 0 Å². The number of allylic oxidation sites excluding steroid dienone is 5. The van der Waals surface area contributed by atoms with Crippen molar-refractivity contribution in [3.63, 3.8) is 0 Å². The van der Waals surface area contributed by atoms with Gasteiger partial charge in [0.15, 0.2) is 0 Å². The number of hydrogen-bond donors (Lipinski definition) is 0. The first-order chi connectivity index (χ1) is 11.6. The molecule has 0 spiro atoms. The second kappa shape index (κ2) is 16.2. The van der Waals surface area contributed by atoms with Crippen LogP contribution in [0.1, 0.15) is 79.1 Å². The molecule has 2 heteroatoms. The Morgan fingerprint density at radius 2 is 1.21 bits per heavy atom. The Bertz CT molecular complexity index is 371. The van der Waals surface area contributed by atoms with Crippen LogP contribution in [0.4, 0.5) is 0 Å². The SMILES string of the molecule is CCC[CH2][Sn](/[CH]=C/C=C/C=C/C(=O)CCC)([CH2]CCC)[CH2]CCC. The van der Waals surface area contributed by atoms with Crippen LogP contribution in [0.2, 0.25) is 13.3 Å². The van der Waals surface area contributed by atoms with Gasteiger partial charge in [-0.15, -0.1) is 0 Å². The van der Waals surface area contributed by atoms with Crippen LogP contribution >= 0.6 is 0 Å². The number of ketones is 1. The minimum absolute atomic E-state index is 0.230.